The summed E-state index contributed by atoms with van der Waals surface area (Å²) in [6.45, 7) is 1.90. The van der Waals surface area contributed by atoms with E-state index in [1.165, 1.54) is 6.07 Å². The summed E-state index contributed by atoms with van der Waals surface area (Å²) in [5, 5.41) is 2.97. The lowest BCUT2D eigenvalue weighted by atomic mass is 10.1. The first kappa shape index (κ1) is 13.9. The molecule has 0 radical (unpaired) electrons. The Morgan fingerprint density at radius 1 is 1.47 bits per heavy atom. The molecule has 1 aromatic rings. The maximum absolute atomic E-state index is 12.4. The van der Waals surface area contributed by atoms with Crippen LogP contribution in [0.4, 0.5) is 18.9 Å². The van der Waals surface area contributed by atoms with Gasteiger partial charge in [-0.15, -0.1) is 6.42 Å². The van der Waals surface area contributed by atoms with Crippen molar-refractivity contribution in [3.63, 3.8) is 0 Å². The van der Waals surface area contributed by atoms with E-state index < -0.39 is 11.7 Å². The van der Waals surface area contributed by atoms with Gasteiger partial charge in [0, 0.05) is 10.2 Å². The van der Waals surface area contributed by atoms with E-state index in [9.17, 15) is 13.2 Å². The SMILES string of the molecule is C#CC(CC)Nc1ccc(C(F)(F)F)cc1Br. The third-order valence-electron chi connectivity index (χ3n) is 2.24. The van der Waals surface area contributed by atoms with Crippen LogP contribution in [-0.2, 0) is 6.18 Å². The standard InChI is InChI=1S/C12H11BrF3N/c1-3-9(4-2)17-11-6-5-8(7-10(11)13)12(14,15)16/h1,5-7,9,17H,4H2,2H3. The van der Waals surface area contributed by atoms with E-state index in [1.54, 1.807) is 0 Å². The summed E-state index contributed by atoms with van der Waals surface area (Å²) < 4.78 is 37.6. The van der Waals surface area contributed by atoms with Crippen LogP contribution in [0.3, 0.4) is 0 Å². The quantitative estimate of drug-likeness (QED) is 0.821. The van der Waals surface area contributed by atoms with Crippen LogP contribution in [-0.4, -0.2) is 6.04 Å². The largest absolute Gasteiger partial charge is 0.416 e. The molecule has 0 spiro atoms. The molecule has 0 aromatic heterocycles. The minimum absolute atomic E-state index is 0.192. The van der Waals surface area contributed by atoms with Gasteiger partial charge >= 0.3 is 6.18 Å². The van der Waals surface area contributed by atoms with Crippen LogP contribution >= 0.6 is 15.9 Å². The van der Waals surface area contributed by atoms with Crippen molar-refractivity contribution >= 4 is 21.6 Å². The molecule has 0 amide bonds. The predicted molar refractivity (Wildman–Crippen MR) is 65.7 cm³/mol. The molecule has 0 fully saturated rings. The third kappa shape index (κ3) is 3.67. The number of hydrogen-bond acceptors (Lipinski definition) is 1. The van der Waals surface area contributed by atoms with Crippen LogP contribution in [0, 0.1) is 12.3 Å². The summed E-state index contributed by atoms with van der Waals surface area (Å²) in [6.07, 6.45) is 1.63. The molecule has 0 heterocycles. The maximum atomic E-state index is 12.4. The van der Waals surface area contributed by atoms with Gasteiger partial charge in [-0.1, -0.05) is 12.8 Å². The number of alkyl halides is 3. The second-order valence-electron chi connectivity index (χ2n) is 3.46. The number of nitrogens with one attached hydrogen (secondary N) is 1. The molecule has 0 aliphatic heterocycles. The van der Waals surface area contributed by atoms with Gasteiger partial charge in [0.2, 0.25) is 0 Å². The molecule has 1 nitrogen and oxygen atoms in total. The average molecular weight is 306 g/mol. The summed E-state index contributed by atoms with van der Waals surface area (Å²) in [5.41, 5.74) is -0.133. The summed E-state index contributed by atoms with van der Waals surface area (Å²) >= 11 is 3.10. The van der Waals surface area contributed by atoms with E-state index in [1.807, 2.05) is 6.92 Å². The van der Waals surface area contributed by atoms with Crippen molar-refractivity contribution in [3.05, 3.63) is 28.2 Å². The molecule has 1 rings (SSSR count). The van der Waals surface area contributed by atoms with Crippen molar-refractivity contribution in [2.24, 2.45) is 0 Å². The van der Waals surface area contributed by atoms with E-state index in [0.717, 1.165) is 12.1 Å². The topological polar surface area (TPSA) is 12.0 Å². The number of rotatable bonds is 3. The monoisotopic (exact) mass is 305 g/mol. The Morgan fingerprint density at radius 3 is 2.53 bits per heavy atom. The molecule has 0 saturated heterocycles. The van der Waals surface area contributed by atoms with Gasteiger partial charge in [-0.25, -0.2) is 0 Å². The first-order valence-electron chi connectivity index (χ1n) is 4.98. The van der Waals surface area contributed by atoms with Crippen LogP contribution in [0.1, 0.15) is 18.9 Å². The minimum Gasteiger partial charge on any atom is -0.371 e. The molecule has 0 saturated carbocycles. The maximum Gasteiger partial charge on any atom is 0.416 e. The zero-order chi connectivity index (χ0) is 13.1. The average Bonchev–Trinajstić information content (AvgIpc) is 2.26. The second-order valence-corrected chi connectivity index (χ2v) is 4.32. The lowest BCUT2D eigenvalue weighted by molar-refractivity contribution is -0.137. The molecule has 92 valence electrons. The summed E-state index contributed by atoms with van der Waals surface area (Å²) in [6, 6.07) is 3.23. The van der Waals surface area contributed by atoms with Crippen molar-refractivity contribution in [1.29, 1.82) is 0 Å². The number of anilines is 1. The van der Waals surface area contributed by atoms with Crippen LogP contribution in [0.15, 0.2) is 22.7 Å². The minimum atomic E-state index is -4.34. The molecule has 0 bridgehead atoms. The number of hydrogen-bond donors (Lipinski definition) is 1. The zero-order valence-electron chi connectivity index (χ0n) is 9.11. The highest BCUT2D eigenvalue weighted by molar-refractivity contribution is 9.10. The van der Waals surface area contributed by atoms with Gasteiger partial charge in [-0.3, -0.25) is 0 Å². The number of halogens is 4. The molecule has 0 aliphatic rings. The van der Waals surface area contributed by atoms with Gasteiger partial charge in [0.15, 0.2) is 0 Å². The molecule has 0 aliphatic carbocycles. The number of benzene rings is 1. The Balaban J connectivity index is 2.95. The normalized spacial score (nSPS) is 12.9. The smallest absolute Gasteiger partial charge is 0.371 e. The van der Waals surface area contributed by atoms with E-state index in [2.05, 4.69) is 27.2 Å². The molecule has 1 unspecified atom stereocenters. The van der Waals surface area contributed by atoms with Crippen LogP contribution in [0.5, 0.6) is 0 Å². The van der Waals surface area contributed by atoms with Gasteiger partial charge < -0.3 is 5.32 Å². The van der Waals surface area contributed by atoms with Gasteiger partial charge in [-0.2, -0.15) is 13.2 Å². The van der Waals surface area contributed by atoms with Gasteiger partial charge in [0.05, 0.1) is 11.6 Å². The Hall–Kier alpha value is -1.15. The zero-order valence-corrected chi connectivity index (χ0v) is 10.7. The van der Waals surface area contributed by atoms with Crippen LogP contribution < -0.4 is 5.32 Å². The molecule has 1 N–H and O–H groups in total. The van der Waals surface area contributed by atoms with Crippen molar-refractivity contribution in [2.45, 2.75) is 25.6 Å². The molecular formula is C12H11BrF3N. The highest BCUT2D eigenvalue weighted by Crippen LogP contribution is 2.34. The Labute approximate surface area is 107 Å². The van der Waals surface area contributed by atoms with Crippen LogP contribution in [0.2, 0.25) is 0 Å². The summed E-state index contributed by atoms with van der Waals surface area (Å²) in [4.78, 5) is 0. The Morgan fingerprint density at radius 2 is 2.12 bits per heavy atom. The fourth-order valence-corrected chi connectivity index (χ4v) is 1.75. The third-order valence-corrected chi connectivity index (χ3v) is 2.89. The lowest BCUT2D eigenvalue weighted by Crippen LogP contribution is -2.16. The fraction of sp³-hybridized carbons (Fsp3) is 0.333. The van der Waals surface area contributed by atoms with E-state index in [-0.39, 0.29) is 6.04 Å². The van der Waals surface area contributed by atoms with Crippen molar-refractivity contribution in [1.82, 2.24) is 0 Å². The van der Waals surface area contributed by atoms with Crippen LogP contribution in [0.25, 0.3) is 0 Å². The lowest BCUT2D eigenvalue weighted by Gasteiger charge is -2.15. The Bertz CT molecular complexity index is 434. The van der Waals surface area contributed by atoms with Crippen molar-refractivity contribution in [3.8, 4) is 12.3 Å². The highest BCUT2D eigenvalue weighted by Gasteiger charge is 2.30. The van der Waals surface area contributed by atoms with Gasteiger partial charge in [0.1, 0.15) is 0 Å². The summed E-state index contributed by atoms with van der Waals surface area (Å²) in [7, 11) is 0. The predicted octanol–water partition coefficient (Wildman–Crippen LogP) is 4.29. The highest BCUT2D eigenvalue weighted by atomic mass is 79.9. The van der Waals surface area contributed by atoms with E-state index in [4.69, 9.17) is 6.42 Å². The Kier molecular flexibility index (Phi) is 4.47. The van der Waals surface area contributed by atoms with Crippen molar-refractivity contribution < 1.29 is 13.2 Å². The second kappa shape index (κ2) is 5.46. The fourth-order valence-electron chi connectivity index (χ4n) is 1.26. The molecule has 1 aromatic carbocycles. The van der Waals surface area contributed by atoms with E-state index >= 15 is 0 Å². The first-order valence-corrected chi connectivity index (χ1v) is 5.77. The summed E-state index contributed by atoms with van der Waals surface area (Å²) in [5.74, 6) is 2.52. The van der Waals surface area contributed by atoms with E-state index in [0.29, 0.717) is 16.6 Å². The van der Waals surface area contributed by atoms with Gasteiger partial charge in [0.25, 0.3) is 0 Å². The first-order chi connectivity index (χ1) is 7.88. The molecule has 5 heteroatoms. The van der Waals surface area contributed by atoms with Crippen molar-refractivity contribution in [2.75, 3.05) is 5.32 Å². The molecular weight excluding hydrogens is 295 g/mol. The van der Waals surface area contributed by atoms with Gasteiger partial charge in [-0.05, 0) is 40.5 Å². The molecule has 1 atom stereocenters. The molecule has 17 heavy (non-hydrogen) atoms. The number of terminal acetylenes is 1.